The fourth-order valence-electron chi connectivity index (χ4n) is 2.69. The maximum Gasteiger partial charge on any atom is 0.291 e. The average Bonchev–Trinajstić information content (AvgIpc) is 3.33. The third kappa shape index (κ3) is 7.32. The highest BCUT2D eigenvalue weighted by atomic mass is 16.3. The van der Waals surface area contributed by atoms with Gasteiger partial charge in [0.2, 0.25) is 11.8 Å². The molecule has 0 aliphatic rings. The van der Waals surface area contributed by atoms with Crippen LogP contribution in [0.15, 0.2) is 83.5 Å². The van der Waals surface area contributed by atoms with Crippen LogP contribution in [-0.2, 0) is 16.1 Å². The number of hydrogen-bond acceptors (Lipinski definition) is 4. The summed E-state index contributed by atoms with van der Waals surface area (Å²) in [4.78, 5) is 35.7. The Bertz CT molecular complexity index is 1030. The Hall–Kier alpha value is -4.13. The highest BCUT2D eigenvalue weighted by Crippen LogP contribution is 2.12. The molecule has 0 saturated heterocycles. The summed E-state index contributed by atoms with van der Waals surface area (Å²) in [5.41, 5.74) is 2.45. The van der Waals surface area contributed by atoms with Crippen molar-refractivity contribution in [1.82, 2.24) is 10.6 Å². The zero-order chi connectivity index (χ0) is 21.9. The molecule has 0 aliphatic heterocycles. The number of nitrogens with one attached hydrogen (secondary N) is 3. The quantitative estimate of drug-likeness (QED) is 0.465. The first-order chi connectivity index (χ1) is 15.1. The SMILES string of the molecule is O=C(/C=C/c1ccccc1)NCCC(=O)NCc1ccc(NC(=O)c2ccco2)cc1. The molecule has 0 spiro atoms. The molecule has 158 valence electrons. The number of amides is 3. The molecule has 7 nitrogen and oxygen atoms in total. The van der Waals surface area contributed by atoms with E-state index in [4.69, 9.17) is 4.42 Å². The van der Waals surface area contributed by atoms with Crippen molar-refractivity contribution in [1.29, 1.82) is 0 Å². The maximum absolute atomic E-state index is 12.0. The summed E-state index contributed by atoms with van der Waals surface area (Å²) in [6, 6.07) is 19.9. The van der Waals surface area contributed by atoms with Crippen LogP contribution in [0.2, 0.25) is 0 Å². The van der Waals surface area contributed by atoms with Crippen molar-refractivity contribution in [2.45, 2.75) is 13.0 Å². The number of benzene rings is 2. The molecule has 3 aromatic rings. The Morgan fingerprint density at radius 1 is 0.871 bits per heavy atom. The predicted molar refractivity (Wildman–Crippen MR) is 118 cm³/mol. The van der Waals surface area contributed by atoms with Crippen LogP contribution in [0.1, 0.15) is 28.1 Å². The van der Waals surface area contributed by atoms with Gasteiger partial charge in [-0.2, -0.15) is 0 Å². The van der Waals surface area contributed by atoms with E-state index in [1.807, 2.05) is 42.5 Å². The summed E-state index contributed by atoms with van der Waals surface area (Å²) in [6.45, 7) is 0.606. The van der Waals surface area contributed by atoms with Crippen LogP contribution in [0, 0.1) is 0 Å². The van der Waals surface area contributed by atoms with E-state index >= 15 is 0 Å². The minimum Gasteiger partial charge on any atom is -0.459 e. The van der Waals surface area contributed by atoms with Gasteiger partial charge in [-0.15, -0.1) is 0 Å². The molecule has 3 N–H and O–H groups in total. The van der Waals surface area contributed by atoms with Crippen molar-refractivity contribution in [3.05, 3.63) is 96.0 Å². The average molecular weight is 417 g/mol. The number of carbonyl (C=O) groups excluding carboxylic acids is 3. The smallest absolute Gasteiger partial charge is 0.291 e. The van der Waals surface area contributed by atoms with E-state index in [0.29, 0.717) is 12.2 Å². The van der Waals surface area contributed by atoms with Crippen LogP contribution in [0.3, 0.4) is 0 Å². The normalized spacial score (nSPS) is 10.6. The lowest BCUT2D eigenvalue weighted by molar-refractivity contribution is -0.121. The van der Waals surface area contributed by atoms with Gasteiger partial charge in [0.25, 0.3) is 5.91 Å². The fourth-order valence-corrected chi connectivity index (χ4v) is 2.69. The Balaban J connectivity index is 1.34. The molecule has 7 heteroatoms. The molecule has 0 aliphatic carbocycles. The third-order valence-corrected chi connectivity index (χ3v) is 4.32. The molecule has 1 heterocycles. The van der Waals surface area contributed by atoms with Gasteiger partial charge in [-0.25, -0.2) is 0 Å². The summed E-state index contributed by atoms with van der Waals surface area (Å²) in [5, 5.41) is 8.22. The number of hydrogen-bond donors (Lipinski definition) is 3. The Kier molecular flexibility index (Phi) is 7.77. The number of carbonyl (C=O) groups is 3. The first-order valence-corrected chi connectivity index (χ1v) is 9.81. The highest BCUT2D eigenvalue weighted by Gasteiger charge is 2.08. The van der Waals surface area contributed by atoms with Gasteiger partial charge >= 0.3 is 0 Å². The maximum atomic E-state index is 12.0. The largest absolute Gasteiger partial charge is 0.459 e. The van der Waals surface area contributed by atoms with E-state index in [-0.39, 0.29) is 36.4 Å². The van der Waals surface area contributed by atoms with Crippen LogP contribution in [0.5, 0.6) is 0 Å². The van der Waals surface area contributed by atoms with Crippen molar-refractivity contribution < 1.29 is 18.8 Å². The molecule has 3 amide bonds. The summed E-state index contributed by atoms with van der Waals surface area (Å²) in [6.07, 6.45) is 4.78. The lowest BCUT2D eigenvalue weighted by atomic mass is 10.2. The molecular weight excluding hydrogens is 394 g/mol. The molecule has 1 aromatic heterocycles. The minimum atomic E-state index is -0.327. The molecule has 0 fully saturated rings. The van der Waals surface area contributed by atoms with Crippen molar-refractivity contribution >= 4 is 29.5 Å². The van der Waals surface area contributed by atoms with Crippen molar-refractivity contribution in [3.63, 3.8) is 0 Å². The van der Waals surface area contributed by atoms with Gasteiger partial charge in [0.05, 0.1) is 6.26 Å². The van der Waals surface area contributed by atoms with Gasteiger partial charge in [-0.3, -0.25) is 14.4 Å². The monoisotopic (exact) mass is 417 g/mol. The third-order valence-electron chi connectivity index (χ3n) is 4.32. The van der Waals surface area contributed by atoms with Gasteiger partial charge in [-0.1, -0.05) is 42.5 Å². The van der Waals surface area contributed by atoms with Crippen LogP contribution in [0.25, 0.3) is 6.08 Å². The second kappa shape index (κ2) is 11.2. The van der Waals surface area contributed by atoms with Crippen LogP contribution in [-0.4, -0.2) is 24.3 Å². The van der Waals surface area contributed by atoms with E-state index in [0.717, 1.165) is 11.1 Å². The first-order valence-electron chi connectivity index (χ1n) is 9.81. The molecule has 0 saturated carbocycles. The molecule has 0 atom stereocenters. The van der Waals surface area contributed by atoms with Crippen molar-refractivity contribution in [2.75, 3.05) is 11.9 Å². The lowest BCUT2D eigenvalue weighted by Gasteiger charge is -2.08. The van der Waals surface area contributed by atoms with Crippen molar-refractivity contribution in [3.8, 4) is 0 Å². The first kappa shape index (κ1) is 21.6. The van der Waals surface area contributed by atoms with E-state index in [9.17, 15) is 14.4 Å². The predicted octanol–water partition coefficient (Wildman–Crippen LogP) is 3.37. The van der Waals surface area contributed by atoms with Crippen LogP contribution >= 0.6 is 0 Å². The molecule has 0 unspecified atom stereocenters. The fraction of sp³-hybridized carbons (Fsp3) is 0.125. The standard InChI is InChI=1S/C24H23N3O4/c28-22(13-10-18-5-2-1-3-6-18)25-15-14-23(29)26-17-19-8-11-20(12-9-19)27-24(30)21-7-4-16-31-21/h1-13,16H,14-15,17H2,(H,25,28)(H,26,29)(H,27,30)/b13-10+. The Labute approximate surface area is 180 Å². The van der Waals surface area contributed by atoms with Gasteiger partial charge in [0, 0.05) is 31.3 Å². The van der Waals surface area contributed by atoms with E-state index in [1.165, 1.54) is 12.3 Å². The summed E-state index contributed by atoms with van der Waals surface area (Å²) in [5.74, 6) is -0.503. The van der Waals surface area contributed by atoms with Gasteiger partial charge in [-0.05, 0) is 41.5 Å². The second-order valence-electron chi connectivity index (χ2n) is 6.69. The summed E-state index contributed by atoms with van der Waals surface area (Å²) >= 11 is 0. The Morgan fingerprint density at radius 2 is 1.65 bits per heavy atom. The van der Waals surface area contributed by atoms with Crippen molar-refractivity contribution in [2.24, 2.45) is 0 Å². The molecule has 2 aromatic carbocycles. The van der Waals surface area contributed by atoms with E-state index in [2.05, 4.69) is 16.0 Å². The van der Waals surface area contributed by atoms with E-state index in [1.54, 1.807) is 30.3 Å². The summed E-state index contributed by atoms with van der Waals surface area (Å²) in [7, 11) is 0. The molecule has 31 heavy (non-hydrogen) atoms. The van der Waals surface area contributed by atoms with Crippen LogP contribution in [0.4, 0.5) is 5.69 Å². The summed E-state index contributed by atoms with van der Waals surface area (Å²) < 4.78 is 5.05. The van der Waals surface area contributed by atoms with Gasteiger partial charge < -0.3 is 20.4 Å². The highest BCUT2D eigenvalue weighted by molar-refractivity contribution is 6.02. The molecule has 3 rings (SSSR count). The zero-order valence-corrected chi connectivity index (χ0v) is 16.8. The topological polar surface area (TPSA) is 100 Å². The van der Waals surface area contributed by atoms with Crippen LogP contribution < -0.4 is 16.0 Å². The number of anilines is 1. The van der Waals surface area contributed by atoms with E-state index < -0.39 is 0 Å². The zero-order valence-electron chi connectivity index (χ0n) is 16.8. The second-order valence-corrected chi connectivity index (χ2v) is 6.69. The number of rotatable bonds is 9. The number of furan rings is 1. The molecular formula is C24H23N3O4. The molecule has 0 radical (unpaired) electrons. The molecule has 0 bridgehead atoms. The Morgan fingerprint density at radius 3 is 2.35 bits per heavy atom. The van der Waals surface area contributed by atoms with Gasteiger partial charge in [0.15, 0.2) is 5.76 Å². The lowest BCUT2D eigenvalue weighted by Crippen LogP contribution is -2.29. The minimum absolute atomic E-state index is 0.164. The van der Waals surface area contributed by atoms with Gasteiger partial charge in [0.1, 0.15) is 0 Å².